The second-order valence-corrected chi connectivity index (χ2v) is 21.4. The highest BCUT2D eigenvalue weighted by Gasteiger charge is 2.51. The zero-order valence-corrected chi connectivity index (χ0v) is 40.1. The van der Waals surface area contributed by atoms with Gasteiger partial charge in [0.15, 0.2) is 5.82 Å². The van der Waals surface area contributed by atoms with Gasteiger partial charge < -0.3 is 34.8 Å². The molecule has 3 atom stereocenters. The normalized spacial score (nSPS) is 24.0. The first-order valence-corrected chi connectivity index (χ1v) is 25.7. The van der Waals surface area contributed by atoms with Gasteiger partial charge >= 0.3 is 6.01 Å². The van der Waals surface area contributed by atoms with Crippen LogP contribution in [0, 0.1) is 23.1 Å². The minimum Gasteiger partial charge on any atom is -0.508 e. The number of piperidine rings is 3. The minimum atomic E-state index is -2.79. The van der Waals surface area contributed by atoms with Crippen molar-refractivity contribution in [3.05, 3.63) is 77.2 Å². The van der Waals surface area contributed by atoms with Gasteiger partial charge in [0.1, 0.15) is 28.8 Å². The number of alkyl halides is 2. The lowest BCUT2D eigenvalue weighted by Gasteiger charge is -2.43. The molecule has 0 spiro atoms. The number of benzene rings is 3. The lowest BCUT2D eigenvalue weighted by Crippen LogP contribution is -2.52. The molecular formula is C54H60F3N9O5. The van der Waals surface area contributed by atoms with E-state index in [0.29, 0.717) is 99.3 Å². The number of phenols is 1. The third kappa shape index (κ3) is 8.49. The van der Waals surface area contributed by atoms with Crippen LogP contribution in [0.2, 0.25) is 0 Å². The number of anilines is 2. The Morgan fingerprint density at radius 1 is 0.873 bits per heavy atom. The summed E-state index contributed by atoms with van der Waals surface area (Å²) in [5.41, 5.74) is 3.78. The summed E-state index contributed by atoms with van der Waals surface area (Å²) < 4.78 is 56.4. The fraction of sp³-hybridized carbons (Fsp3) is 0.519. The van der Waals surface area contributed by atoms with Crippen molar-refractivity contribution in [3.63, 3.8) is 0 Å². The topological polar surface area (TPSA) is 156 Å². The Hall–Kier alpha value is -6.07. The maximum absolute atomic E-state index is 17.2. The van der Waals surface area contributed by atoms with Gasteiger partial charge in [0.25, 0.3) is 11.8 Å². The van der Waals surface area contributed by atoms with Gasteiger partial charge in [-0.05, 0) is 130 Å². The quantitative estimate of drug-likeness (QED) is 0.107. The zero-order valence-electron chi connectivity index (χ0n) is 40.1. The molecule has 2 aromatic heterocycles. The van der Waals surface area contributed by atoms with Crippen LogP contribution in [0.25, 0.3) is 32.9 Å². The van der Waals surface area contributed by atoms with Crippen LogP contribution in [0.3, 0.4) is 0 Å². The average molecular weight is 972 g/mol. The van der Waals surface area contributed by atoms with E-state index in [2.05, 4.69) is 25.3 Å². The largest absolute Gasteiger partial charge is 0.508 e. The van der Waals surface area contributed by atoms with Crippen molar-refractivity contribution >= 4 is 50.9 Å². The number of carbonyl (C=O) groups is 3. The molecule has 3 N–H and O–H groups in total. The van der Waals surface area contributed by atoms with Gasteiger partial charge in [-0.2, -0.15) is 9.97 Å². The monoisotopic (exact) mass is 971 g/mol. The first-order chi connectivity index (χ1) is 34.3. The van der Waals surface area contributed by atoms with Gasteiger partial charge in [0.2, 0.25) is 11.8 Å². The Labute approximate surface area is 410 Å². The Kier molecular flexibility index (Phi) is 11.6. The number of halogens is 3. The number of pyridine rings is 1. The molecule has 3 aromatic carbocycles. The standard InChI is InChI=1S/C54H60F3N9O5/c1-2-31-4-3-5-32-23-39(67)24-41(45(31)32)47-46(55)48-42(25-58-47)49(65-27-36-6-7-37(28-65)59-36)62-52(61-48)71-30-53(16-17-53)29-63-18-12-34(13-19-63)54(56,57)35-14-20-64(21-15-35)38-8-9-40-33(22-38)26-66(51(40)70)43-10-11-44(68)60-50(43)69/h3-5,8-9,22-25,34-37,43,59,67H,2,6-7,10-21,26-30H2,1H3,(H,60,68,69)/t36?,37?,43-/m0/s1. The molecule has 0 radical (unpaired) electrons. The van der Waals surface area contributed by atoms with E-state index < -0.39 is 35.5 Å². The average Bonchev–Trinajstić information content (AvgIpc) is 3.95. The summed E-state index contributed by atoms with van der Waals surface area (Å²) in [7, 11) is 0. The summed E-state index contributed by atoms with van der Waals surface area (Å²) >= 11 is 0. The van der Waals surface area contributed by atoms with Crippen LogP contribution in [0.5, 0.6) is 11.8 Å². The molecule has 372 valence electrons. The highest BCUT2D eigenvalue weighted by atomic mass is 19.3. The minimum absolute atomic E-state index is 0.0216. The van der Waals surface area contributed by atoms with Gasteiger partial charge in [-0.3, -0.25) is 24.7 Å². The summed E-state index contributed by atoms with van der Waals surface area (Å²) in [6.45, 7) is 6.94. The molecule has 5 aromatic rings. The molecule has 7 aliphatic rings. The number of likely N-dealkylation sites (tertiary alicyclic amines) is 1. The molecule has 3 amide bonds. The first-order valence-electron chi connectivity index (χ1n) is 25.7. The van der Waals surface area contributed by atoms with E-state index >= 15 is 13.2 Å². The number of imide groups is 1. The fourth-order valence-electron chi connectivity index (χ4n) is 12.8. The summed E-state index contributed by atoms with van der Waals surface area (Å²) in [4.78, 5) is 60.0. The second kappa shape index (κ2) is 17.9. The molecule has 12 rings (SSSR count). The van der Waals surface area contributed by atoms with E-state index in [-0.39, 0.29) is 53.2 Å². The van der Waals surface area contributed by atoms with Crippen LogP contribution in [0.15, 0.2) is 54.7 Å². The number of aromatic hydroxyl groups is 1. The summed E-state index contributed by atoms with van der Waals surface area (Å²) in [5.74, 6) is -5.21. The Morgan fingerprint density at radius 3 is 2.34 bits per heavy atom. The van der Waals surface area contributed by atoms with Crippen molar-refractivity contribution < 1.29 is 37.4 Å². The Morgan fingerprint density at radius 2 is 1.62 bits per heavy atom. The van der Waals surface area contributed by atoms with Gasteiger partial charge in [0, 0.05) is 98.0 Å². The van der Waals surface area contributed by atoms with Crippen molar-refractivity contribution in [2.75, 3.05) is 62.2 Å². The smallest absolute Gasteiger partial charge is 0.319 e. The number of aryl methyl sites for hydroxylation is 1. The first kappa shape index (κ1) is 46.0. The van der Waals surface area contributed by atoms with Crippen molar-refractivity contribution in [2.45, 2.75) is 108 Å². The summed E-state index contributed by atoms with van der Waals surface area (Å²) in [6.07, 6.45) is 8.40. The van der Waals surface area contributed by atoms with Gasteiger partial charge in [0.05, 0.1) is 12.0 Å². The van der Waals surface area contributed by atoms with Crippen LogP contribution in [0.4, 0.5) is 24.7 Å². The van der Waals surface area contributed by atoms with E-state index in [9.17, 15) is 19.5 Å². The summed E-state index contributed by atoms with van der Waals surface area (Å²) in [6, 6.07) is 14.7. The van der Waals surface area contributed by atoms with Crippen LogP contribution >= 0.6 is 0 Å². The number of piperazine rings is 1. The molecule has 6 fully saturated rings. The number of carbonyl (C=O) groups excluding carboxylic acids is 3. The lowest BCUT2D eigenvalue weighted by atomic mass is 9.79. The van der Waals surface area contributed by atoms with E-state index in [1.165, 1.54) is 4.90 Å². The third-order valence-corrected chi connectivity index (χ3v) is 16.9. The van der Waals surface area contributed by atoms with Crippen molar-refractivity contribution in [2.24, 2.45) is 17.3 Å². The predicted octanol–water partition coefficient (Wildman–Crippen LogP) is 7.38. The number of nitrogens with one attached hydrogen (secondary N) is 2. The summed E-state index contributed by atoms with van der Waals surface area (Å²) in [5, 5.41) is 18.9. The van der Waals surface area contributed by atoms with E-state index in [1.807, 2.05) is 37.3 Å². The van der Waals surface area contributed by atoms with Crippen LogP contribution in [0.1, 0.15) is 92.6 Å². The third-order valence-electron chi connectivity index (χ3n) is 16.9. The number of phenolic OH excluding ortho intramolecular Hbond substituents is 1. The van der Waals surface area contributed by atoms with Crippen LogP contribution < -0.4 is 25.2 Å². The highest BCUT2D eigenvalue weighted by molar-refractivity contribution is 6.06. The SMILES string of the molecule is CCc1cccc2cc(O)cc(-c3ncc4c(N5CC6CCC(C5)N6)nc(OCC5(CN6CCC(C(F)(F)C7CCN(c8ccc9c(c8)CN([C@H]8CCC(=O)NC8=O)C9=O)CC7)CC6)CC5)nc4c3F)c12. The Balaban J connectivity index is 0.695. The number of hydrogen-bond donors (Lipinski definition) is 3. The van der Waals surface area contributed by atoms with Gasteiger partial charge in [-0.25, -0.2) is 13.2 Å². The highest BCUT2D eigenvalue weighted by Crippen LogP contribution is 2.49. The maximum atomic E-state index is 17.2. The van der Waals surface area contributed by atoms with Crippen molar-refractivity contribution in [3.8, 4) is 23.0 Å². The number of fused-ring (bicyclic) bond motifs is 5. The number of nitrogens with zero attached hydrogens (tertiary/aromatic N) is 7. The van der Waals surface area contributed by atoms with Gasteiger partial charge in [-0.1, -0.05) is 25.1 Å². The molecular weight excluding hydrogens is 912 g/mol. The zero-order chi connectivity index (χ0) is 48.8. The molecule has 1 aliphatic carbocycles. The number of hydrogen-bond acceptors (Lipinski definition) is 12. The fourth-order valence-corrected chi connectivity index (χ4v) is 12.8. The molecule has 14 nitrogen and oxygen atoms in total. The molecule has 8 heterocycles. The van der Waals surface area contributed by atoms with Crippen LogP contribution in [-0.2, 0) is 22.6 Å². The molecule has 6 aliphatic heterocycles. The molecule has 2 unspecified atom stereocenters. The molecule has 5 saturated heterocycles. The van der Waals surface area contributed by atoms with Crippen LogP contribution in [-0.4, -0.2) is 124 Å². The molecule has 17 heteroatoms. The van der Waals surface area contributed by atoms with Crippen molar-refractivity contribution in [1.29, 1.82) is 0 Å². The molecule has 2 bridgehead atoms. The predicted molar refractivity (Wildman–Crippen MR) is 262 cm³/mol. The number of rotatable bonds is 12. The lowest BCUT2D eigenvalue weighted by molar-refractivity contribution is -0.137. The van der Waals surface area contributed by atoms with Gasteiger partial charge in [-0.15, -0.1) is 0 Å². The maximum Gasteiger partial charge on any atom is 0.319 e. The number of amides is 3. The van der Waals surface area contributed by atoms with Crippen molar-refractivity contribution in [1.82, 2.24) is 35.4 Å². The van der Waals surface area contributed by atoms with E-state index in [4.69, 9.17) is 19.7 Å². The Bertz CT molecular complexity index is 2940. The number of aromatic nitrogens is 3. The van der Waals surface area contributed by atoms with E-state index in [0.717, 1.165) is 79.3 Å². The number of ether oxygens (including phenoxy) is 1. The van der Waals surface area contributed by atoms with E-state index in [1.54, 1.807) is 24.4 Å². The second-order valence-electron chi connectivity index (χ2n) is 21.4. The molecule has 1 saturated carbocycles. The molecule has 71 heavy (non-hydrogen) atoms.